The number of pyridine rings is 1. The number of hydrogen-bond acceptors (Lipinski definition) is 6. The van der Waals surface area contributed by atoms with Gasteiger partial charge in [-0.25, -0.2) is 14.5 Å². The third kappa shape index (κ3) is 4.93. The maximum Gasteiger partial charge on any atom is 0.417 e. The zero-order valence-electron chi connectivity index (χ0n) is 19.4. The standard InChI is InChI=1S/C25H23F3N6O2/c1-16-22(24(35)31-21-8-4-5-17(29-21)15-33-11-13-36-14-12-33)23-30-20(9-10-34(23)32-16)18-6-2-3-7-19(18)25(26,27)28/h2-10H,11-15H2,1H3,(H,29,31,35). The number of nitrogens with zero attached hydrogens (tertiary/aromatic N) is 5. The summed E-state index contributed by atoms with van der Waals surface area (Å²) in [5.41, 5.74) is 0.738. The number of nitrogens with one attached hydrogen (secondary N) is 1. The van der Waals surface area contributed by atoms with Gasteiger partial charge in [0.05, 0.1) is 35.9 Å². The Morgan fingerprint density at radius 3 is 2.61 bits per heavy atom. The third-order valence-corrected chi connectivity index (χ3v) is 5.93. The van der Waals surface area contributed by atoms with E-state index in [-0.39, 0.29) is 22.5 Å². The molecule has 1 amide bonds. The van der Waals surface area contributed by atoms with Gasteiger partial charge >= 0.3 is 6.18 Å². The topological polar surface area (TPSA) is 84.7 Å². The van der Waals surface area contributed by atoms with Crippen LogP contribution < -0.4 is 5.32 Å². The van der Waals surface area contributed by atoms with Crippen molar-refractivity contribution in [1.29, 1.82) is 0 Å². The van der Waals surface area contributed by atoms with Gasteiger partial charge in [-0.2, -0.15) is 18.3 Å². The van der Waals surface area contributed by atoms with E-state index >= 15 is 0 Å². The van der Waals surface area contributed by atoms with Gasteiger partial charge in [-0.15, -0.1) is 0 Å². The molecule has 1 aliphatic heterocycles. The van der Waals surface area contributed by atoms with E-state index in [4.69, 9.17) is 4.74 Å². The first kappa shape index (κ1) is 23.9. The lowest BCUT2D eigenvalue weighted by Crippen LogP contribution is -2.35. The van der Waals surface area contributed by atoms with Crippen LogP contribution in [-0.4, -0.2) is 56.7 Å². The summed E-state index contributed by atoms with van der Waals surface area (Å²) in [7, 11) is 0. The van der Waals surface area contributed by atoms with Crippen LogP contribution in [0.15, 0.2) is 54.7 Å². The molecule has 4 heterocycles. The lowest BCUT2D eigenvalue weighted by atomic mass is 10.0. The van der Waals surface area contributed by atoms with Crippen molar-refractivity contribution in [3.05, 3.63) is 77.2 Å². The van der Waals surface area contributed by atoms with E-state index in [0.29, 0.717) is 31.3 Å². The largest absolute Gasteiger partial charge is 0.417 e. The number of hydrogen-bond donors (Lipinski definition) is 1. The molecule has 36 heavy (non-hydrogen) atoms. The molecule has 186 valence electrons. The van der Waals surface area contributed by atoms with Crippen LogP contribution in [0.4, 0.5) is 19.0 Å². The number of aromatic nitrogens is 4. The summed E-state index contributed by atoms with van der Waals surface area (Å²) in [6.07, 6.45) is -3.05. The number of benzene rings is 1. The SMILES string of the molecule is Cc1nn2ccc(-c3ccccc3C(F)(F)F)nc2c1C(=O)Nc1cccc(CN2CCOCC2)n1. The van der Waals surface area contributed by atoms with E-state index in [2.05, 4.69) is 25.3 Å². The maximum absolute atomic E-state index is 13.6. The lowest BCUT2D eigenvalue weighted by Gasteiger charge is -2.26. The Bertz CT molecular complexity index is 1410. The molecule has 1 aromatic carbocycles. The smallest absolute Gasteiger partial charge is 0.379 e. The number of rotatable bonds is 5. The zero-order chi connectivity index (χ0) is 25.3. The minimum Gasteiger partial charge on any atom is -0.379 e. The molecule has 1 fully saturated rings. The Kier molecular flexibility index (Phi) is 6.42. The second-order valence-electron chi connectivity index (χ2n) is 8.44. The average Bonchev–Trinajstić information content (AvgIpc) is 3.19. The van der Waals surface area contributed by atoms with Crippen LogP contribution in [0.25, 0.3) is 16.9 Å². The Morgan fingerprint density at radius 1 is 1.06 bits per heavy atom. The first-order chi connectivity index (χ1) is 17.3. The minimum atomic E-state index is -4.54. The molecule has 1 saturated heterocycles. The van der Waals surface area contributed by atoms with E-state index in [0.717, 1.165) is 24.8 Å². The summed E-state index contributed by atoms with van der Waals surface area (Å²) >= 11 is 0. The monoisotopic (exact) mass is 496 g/mol. The minimum absolute atomic E-state index is 0.0739. The van der Waals surface area contributed by atoms with E-state index in [9.17, 15) is 18.0 Å². The quantitative estimate of drug-likeness (QED) is 0.446. The molecule has 0 atom stereocenters. The van der Waals surface area contributed by atoms with Crippen LogP contribution in [0.2, 0.25) is 0 Å². The van der Waals surface area contributed by atoms with Gasteiger partial charge in [0.25, 0.3) is 5.91 Å². The Hall–Kier alpha value is -3.83. The van der Waals surface area contributed by atoms with Crippen molar-refractivity contribution in [1.82, 2.24) is 24.5 Å². The number of halogens is 3. The van der Waals surface area contributed by atoms with Gasteiger partial charge in [0.2, 0.25) is 0 Å². The van der Waals surface area contributed by atoms with Crippen molar-refractivity contribution < 1.29 is 22.7 Å². The van der Waals surface area contributed by atoms with Crippen LogP contribution >= 0.6 is 0 Å². The maximum atomic E-state index is 13.6. The normalized spacial score (nSPS) is 14.8. The molecule has 11 heteroatoms. The summed E-state index contributed by atoms with van der Waals surface area (Å²) in [5.74, 6) is -0.129. The first-order valence-corrected chi connectivity index (χ1v) is 11.4. The van der Waals surface area contributed by atoms with Crippen molar-refractivity contribution in [3.8, 4) is 11.3 Å². The molecule has 5 rings (SSSR count). The van der Waals surface area contributed by atoms with E-state index in [1.54, 1.807) is 13.0 Å². The van der Waals surface area contributed by atoms with Crippen LogP contribution in [0, 0.1) is 6.92 Å². The Morgan fingerprint density at radius 2 is 1.83 bits per heavy atom. The average molecular weight is 496 g/mol. The number of anilines is 1. The summed E-state index contributed by atoms with van der Waals surface area (Å²) in [6.45, 7) is 5.25. The number of carbonyl (C=O) groups excluding carboxylic acids is 1. The predicted molar refractivity (Wildman–Crippen MR) is 126 cm³/mol. The van der Waals surface area contributed by atoms with E-state index in [1.807, 2.05) is 12.1 Å². The molecule has 0 aliphatic carbocycles. The molecular weight excluding hydrogens is 473 g/mol. The summed E-state index contributed by atoms with van der Waals surface area (Å²) < 4.78 is 47.4. The molecule has 0 radical (unpaired) electrons. The number of amides is 1. The van der Waals surface area contributed by atoms with Crippen LogP contribution in [0.1, 0.15) is 27.3 Å². The van der Waals surface area contributed by atoms with Crippen molar-refractivity contribution in [2.24, 2.45) is 0 Å². The van der Waals surface area contributed by atoms with Crippen molar-refractivity contribution in [2.75, 3.05) is 31.6 Å². The molecular formula is C25H23F3N6O2. The van der Waals surface area contributed by atoms with Gasteiger partial charge in [-0.1, -0.05) is 24.3 Å². The van der Waals surface area contributed by atoms with Gasteiger partial charge in [-0.05, 0) is 31.2 Å². The highest BCUT2D eigenvalue weighted by Crippen LogP contribution is 2.36. The molecule has 3 aromatic heterocycles. The third-order valence-electron chi connectivity index (χ3n) is 5.93. The van der Waals surface area contributed by atoms with Gasteiger partial charge in [0, 0.05) is 31.4 Å². The molecule has 0 spiro atoms. The number of carbonyl (C=O) groups is 1. The number of alkyl halides is 3. The van der Waals surface area contributed by atoms with Crippen molar-refractivity contribution in [2.45, 2.75) is 19.6 Å². The van der Waals surface area contributed by atoms with Crippen LogP contribution in [0.5, 0.6) is 0 Å². The Balaban J connectivity index is 1.44. The molecule has 4 aromatic rings. The second-order valence-corrected chi connectivity index (χ2v) is 8.44. The van der Waals surface area contributed by atoms with Crippen LogP contribution in [-0.2, 0) is 17.5 Å². The number of aryl methyl sites for hydroxylation is 1. The molecule has 1 aliphatic rings. The fourth-order valence-corrected chi connectivity index (χ4v) is 4.21. The Labute approximate surface area is 204 Å². The number of ether oxygens (including phenoxy) is 1. The highest BCUT2D eigenvalue weighted by atomic mass is 19.4. The molecule has 0 unspecified atom stereocenters. The van der Waals surface area contributed by atoms with Gasteiger partial charge in [0.15, 0.2) is 5.65 Å². The molecule has 8 nitrogen and oxygen atoms in total. The molecule has 0 bridgehead atoms. The molecule has 0 saturated carbocycles. The molecule has 1 N–H and O–H groups in total. The number of fused-ring (bicyclic) bond motifs is 1. The summed E-state index contributed by atoms with van der Waals surface area (Å²) in [5, 5.41) is 7.09. The summed E-state index contributed by atoms with van der Waals surface area (Å²) in [4.78, 5) is 24.4. The highest BCUT2D eigenvalue weighted by molar-refractivity contribution is 6.08. The van der Waals surface area contributed by atoms with Gasteiger partial charge < -0.3 is 10.1 Å². The van der Waals surface area contributed by atoms with Gasteiger partial charge in [0.1, 0.15) is 11.4 Å². The van der Waals surface area contributed by atoms with E-state index < -0.39 is 17.6 Å². The van der Waals surface area contributed by atoms with E-state index in [1.165, 1.54) is 35.0 Å². The predicted octanol–water partition coefficient (Wildman–Crippen LogP) is 4.20. The number of morpholine rings is 1. The van der Waals surface area contributed by atoms with Crippen molar-refractivity contribution in [3.63, 3.8) is 0 Å². The van der Waals surface area contributed by atoms with Gasteiger partial charge in [-0.3, -0.25) is 9.69 Å². The second kappa shape index (κ2) is 9.67. The highest BCUT2D eigenvalue weighted by Gasteiger charge is 2.34. The van der Waals surface area contributed by atoms with Crippen molar-refractivity contribution >= 4 is 17.4 Å². The van der Waals surface area contributed by atoms with Crippen LogP contribution in [0.3, 0.4) is 0 Å². The lowest BCUT2D eigenvalue weighted by molar-refractivity contribution is -0.137. The summed E-state index contributed by atoms with van der Waals surface area (Å²) in [6, 6.07) is 12.0. The fourth-order valence-electron chi connectivity index (χ4n) is 4.21. The zero-order valence-corrected chi connectivity index (χ0v) is 19.4. The first-order valence-electron chi connectivity index (χ1n) is 11.4. The fraction of sp³-hybridized carbons (Fsp3) is 0.280.